The van der Waals surface area contributed by atoms with Crippen LogP contribution in [0.1, 0.15) is 39.5 Å². The van der Waals surface area contributed by atoms with Gasteiger partial charge in [0.25, 0.3) is 0 Å². The van der Waals surface area contributed by atoms with Gasteiger partial charge in [0.1, 0.15) is 6.04 Å². The maximum Gasteiger partial charge on any atom is 0.243 e. The van der Waals surface area contributed by atoms with Gasteiger partial charge in [-0.3, -0.25) is 9.59 Å². The summed E-state index contributed by atoms with van der Waals surface area (Å²) in [7, 11) is 1.60. The van der Waals surface area contributed by atoms with Crippen molar-refractivity contribution in [2.75, 3.05) is 13.6 Å². The molecule has 1 unspecified atom stereocenters. The molecule has 5 nitrogen and oxygen atoms in total. The summed E-state index contributed by atoms with van der Waals surface area (Å²) in [6.45, 7) is 4.45. The van der Waals surface area contributed by atoms with Crippen molar-refractivity contribution in [3.05, 3.63) is 0 Å². The Balaban J connectivity index is 2.84. The van der Waals surface area contributed by atoms with Crippen molar-refractivity contribution in [3.63, 3.8) is 0 Å². The Bertz CT molecular complexity index is 300. The van der Waals surface area contributed by atoms with E-state index in [1.165, 1.54) is 0 Å². The summed E-state index contributed by atoms with van der Waals surface area (Å²) in [5, 5.41) is 2.61. The van der Waals surface area contributed by atoms with Gasteiger partial charge in [-0.15, -0.1) is 0 Å². The summed E-state index contributed by atoms with van der Waals surface area (Å²) in [5.41, 5.74) is 5.28. The van der Waals surface area contributed by atoms with Crippen LogP contribution in [0.15, 0.2) is 0 Å². The van der Waals surface area contributed by atoms with E-state index in [9.17, 15) is 9.59 Å². The highest BCUT2D eigenvalue weighted by atomic mass is 16.2. The number of likely N-dealkylation sites (tertiary alicyclic amines) is 1. The van der Waals surface area contributed by atoms with Crippen LogP contribution in [0.3, 0.4) is 0 Å². The quantitative estimate of drug-likeness (QED) is 0.740. The van der Waals surface area contributed by atoms with Crippen molar-refractivity contribution < 1.29 is 9.59 Å². The summed E-state index contributed by atoms with van der Waals surface area (Å²) < 4.78 is 0. The van der Waals surface area contributed by atoms with E-state index >= 15 is 0 Å². The molecule has 1 fully saturated rings. The van der Waals surface area contributed by atoms with Crippen LogP contribution in [0.25, 0.3) is 0 Å². The summed E-state index contributed by atoms with van der Waals surface area (Å²) in [4.78, 5) is 25.7. The smallest absolute Gasteiger partial charge is 0.243 e. The number of carbonyl (C=O) groups is 2. The van der Waals surface area contributed by atoms with Crippen molar-refractivity contribution in [2.45, 2.75) is 51.1 Å². The molecule has 1 atom stereocenters. The molecule has 5 heteroatoms. The largest absolute Gasteiger partial charge is 0.357 e. The monoisotopic (exact) mass is 241 g/mol. The van der Waals surface area contributed by atoms with Gasteiger partial charge in [0.15, 0.2) is 0 Å². The first-order chi connectivity index (χ1) is 8.00. The maximum atomic E-state index is 12.4. The minimum atomic E-state index is -0.823. The molecule has 0 radical (unpaired) electrons. The van der Waals surface area contributed by atoms with E-state index < -0.39 is 5.54 Å². The zero-order valence-corrected chi connectivity index (χ0v) is 11.0. The molecule has 1 rings (SSSR count). The van der Waals surface area contributed by atoms with Gasteiger partial charge >= 0.3 is 0 Å². The van der Waals surface area contributed by atoms with Crippen LogP contribution in [-0.2, 0) is 9.59 Å². The van der Waals surface area contributed by atoms with Crippen molar-refractivity contribution in [2.24, 2.45) is 5.73 Å². The number of likely N-dealkylation sites (N-methyl/N-ethyl adjacent to an activating group) is 1. The predicted octanol–water partition coefficient (Wildman–Crippen LogP) is 0.241. The number of hydrogen-bond acceptors (Lipinski definition) is 3. The average molecular weight is 241 g/mol. The number of hydrogen-bond donors (Lipinski definition) is 2. The first kappa shape index (κ1) is 14.0. The number of amides is 2. The molecule has 2 amide bonds. The summed E-state index contributed by atoms with van der Waals surface area (Å²) >= 11 is 0. The second-order valence-electron chi connectivity index (χ2n) is 4.63. The molecule has 0 aromatic rings. The minimum absolute atomic E-state index is 0.0893. The molecule has 1 heterocycles. The Morgan fingerprint density at radius 3 is 2.47 bits per heavy atom. The molecule has 0 spiro atoms. The van der Waals surface area contributed by atoms with Crippen molar-refractivity contribution >= 4 is 11.8 Å². The topological polar surface area (TPSA) is 75.4 Å². The van der Waals surface area contributed by atoms with Gasteiger partial charge in [0.2, 0.25) is 11.8 Å². The number of nitrogens with zero attached hydrogens (tertiary/aromatic N) is 1. The highest BCUT2D eigenvalue weighted by molar-refractivity contribution is 5.92. The van der Waals surface area contributed by atoms with E-state index in [0.29, 0.717) is 19.4 Å². The SMILES string of the molecule is CCC(N)(CC)C(=O)N1CCCC1C(=O)NC. The second kappa shape index (κ2) is 5.49. The molecular weight excluding hydrogens is 218 g/mol. The van der Waals surface area contributed by atoms with E-state index in [4.69, 9.17) is 5.73 Å². The Kier molecular flexibility index (Phi) is 4.51. The van der Waals surface area contributed by atoms with Gasteiger partial charge in [-0.05, 0) is 25.7 Å². The third-order valence-corrected chi connectivity index (χ3v) is 3.75. The van der Waals surface area contributed by atoms with Crippen LogP contribution in [-0.4, -0.2) is 41.9 Å². The van der Waals surface area contributed by atoms with Crippen molar-refractivity contribution in [1.82, 2.24) is 10.2 Å². The highest BCUT2D eigenvalue weighted by Crippen LogP contribution is 2.23. The molecule has 1 aliphatic heterocycles. The fourth-order valence-electron chi connectivity index (χ4n) is 2.29. The van der Waals surface area contributed by atoms with E-state index in [2.05, 4.69) is 5.32 Å². The Labute approximate surface area is 103 Å². The zero-order valence-electron chi connectivity index (χ0n) is 11.0. The number of nitrogens with one attached hydrogen (secondary N) is 1. The standard InChI is InChI=1S/C12H23N3O2/c1-4-12(13,5-2)11(17)15-8-6-7-9(15)10(16)14-3/h9H,4-8,13H2,1-3H3,(H,14,16). The lowest BCUT2D eigenvalue weighted by Gasteiger charge is -2.33. The van der Waals surface area contributed by atoms with E-state index in [0.717, 1.165) is 12.8 Å². The first-order valence-electron chi connectivity index (χ1n) is 6.31. The second-order valence-corrected chi connectivity index (χ2v) is 4.63. The minimum Gasteiger partial charge on any atom is -0.357 e. The Morgan fingerprint density at radius 1 is 1.41 bits per heavy atom. The van der Waals surface area contributed by atoms with Crippen LogP contribution >= 0.6 is 0 Å². The molecule has 98 valence electrons. The summed E-state index contributed by atoms with van der Waals surface area (Å²) in [5.74, 6) is -0.181. The number of rotatable bonds is 4. The van der Waals surface area contributed by atoms with E-state index in [-0.39, 0.29) is 17.9 Å². The van der Waals surface area contributed by atoms with Crippen molar-refractivity contribution in [3.8, 4) is 0 Å². The van der Waals surface area contributed by atoms with Gasteiger partial charge < -0.3 is 16.0 Å². The van der Waals surface area contributed by atoms with Gasteiger partial charge in [0.05, 0.1) is 5.54 Å². The van der Waals surface area contributed by atoms with Crippen LogP contribution in [0, 0.1) is 0 Å². The Morgan fingerprint density at radius 2 is 2.00 bits per heavy atom. The molecule has 3 N–H and O–H groups in total. The lowest BCUT2D eigenvalue weighted by atomic mass is 9.92. The number of nitrogens with two attached hydrogens (primary N) is 1. The van der Waals surface area contributed by atoms with Gasteiger partial charge in [-0.25, -0.2) is 0 Å². The first-order valence-corrected chi connectivity index (χ1v) is 6.31. The average Bonchev–Trinajstić information content (AvgIpc) is 2.84. The van der Waals surface area contributed by atoms with Gasteiger partial charge in [0, 0.05) is 13.6 Å². The Hall–Kier alpha value is -1.10. The normalized spacial score (nSPS) is 20.5. The molecule has 0 saturated carbocycles. The highest BCUT2D eigenvalue weighted by Gasteiger charge is 2.41. The van der Waals surface area contributed by atoms with Crippen molar-refractivity contribution in [1.29, 1.82) is 0 Å². The molecule has 17 heavy (non-hydrogen) atoms. The third kappa shape index (κ3) is 2.60. The molecule has 1 aliphatic rings. The number of carbonyl (C=O) groups excluding carboxylic acids is 2. The molecule has 0 aliphatic carbocycles. The fraction of sp³-hybridized carbons (Fsp3) is 0.833. The van der Waals surface area contributed by atoms with Crippen LogP contribution < -0.4 is 11.1 Å². The fourth-order valence-corrected chi connectivity index (χ4v) is 2.29. The molecule has 0 aromatic carbocycles. The van der Waals surface area contributed by atoms with E-state index in [1.54, 1.807) is 11.9 Å². The van der Waals surface area contributed by atoms with E-state index in [1.807, 2.05) is 13.8 Å². The predicted molar refractivity (Wildman–Crippen MR) is 66.3 cm³/mol. The van der Waals surface area contributed by atoms with Gasteiger partial charge in [-0.2, -0.15) is 0 Å². The molecule has 0 aromatic heterocycles. The molecule has 0 bridgehead atoms. The summed E-state index contributed by atoms with van der Waals surface area (Å²) in [6, 6.07) is -0.339. The molecule has 1 saturated heterocycles. The lowest BCUT2D eigenvalue weighted by Crippen LogP contribution is -2.57. The third-order valence-electron chi connectivity index (χ3n) is 3.75. The van der Waals surface area contributed by atoms with Crippen LogP contribution in [0.4, 0.5) is 0 Å². The van der Waals surface area contributed by atoms with Crippen LogP contribution in [0.5, 0.6) is 0 Å². The zero-order chi connectivity index (χ0) is 13.1. The lowest BCUT2D eigenvalue weighted by molar-refractivity contribution is -0.142. The van der Waals surface area contributed by atoms with Gasteiger partial charge in [-0.1, -0.05) is 13.8 Å². The summed E-state index contributed by atoms with van der Waals surface area (Å²) in [6.07, 6.45) is 2.79. The van der Waals surface area contributed by atoms with Crippen LogP contribution in [0.2, 0.25) is 0 Å². The maximum absolute atomic E-state index is 12.4. The molecular formula is C12H23N3O2.